The van der Waals surface area contributed by atoms with E-state index in [-0.39, 0.29) is 60.8 Å². The van der Waals surface area contributed by atoms with Crippen LogP contribution >= 0.6 is 0 Å². The van der Waals surface area contributed by atoms with Gasteiger partial charge < -0.3 is 28.1 Å². The van der Waals surface area contributed by atoms with Crippen molar-refractivity contribution in [2.75, 3.05) is 13.2 Å². The fourth-order valence-corrected chi connectivity index (χ4v) is 8.89. The molecule has 1 N–H and O–H groups in total. The Morgan fingerprint density at radius 1 is 0.900 bits per heavy atom. The molecule has 2 saturated heterocycles. The maximum atomic E-state index is 12.3. The first-order valence-electron chi connectivity index (χ1n) is 14.9. The molecule has 232 valence electrons. The van der Waals surface area contributed by atoms with Crippen molar-refractivity contribution in [2.45, 2.75) is 136 Å². The van der Waals surface area contributed by atoms with E-state index >= 15 is 0 Å². The summed E-state index contributed by atoms with van der Waals surface area (Å²) in [7, 11) is -5.51. The van der Waals surface area contributed by atoms with E-state index in [1.54, 1.807) is 6.08 Å². The van der Waals surface area contributed by atoms with Crippen molar-refractivity contribution in [3.63, 3.8) is 0 Å². The molecule has 0 aromatic carbocycles. The van der Waals surface area contributed by atoms with Crippen molar-refractivity contribution in [1.82, 2.24) is 5.32 Å². The molecule has 0 aromatic rings. The summed E-state index contributed by atoms with van der Waals surface area (Å²) in [5, 5.41) is 2.64. The molecule has 2 aliphatic heterocycles. The highest BCUT2D eigenvalue weighted by atomic mass is 28.4. The molecule has 0 radical (unpaired) electrons. The minimum atomic E-state index is -1.96. The topological polar surface area (TPSA) is 95.6 Å². The summed E-state index contributed by atoms with van der Waals surface area (Å²) in [6, 6.07) is 0. The second kappa shape index (κ2) is 14.2. The minimum Gasteiger partial charge on any atom is -0.415 e. The van der Waals surface area contributed by atoms with E-state index < -0.39 is 25.0 Å². The van der Waals surface area contributed by atoms with Gasteiger partial charge in [0.2, 0.25) is 5.91 Å². The quantitative estimate of drug-likeness (QED) is 0.147. The smallest absolute Gasteiger partial charge is 0.244 e. The van der Waals surface area contributed by atoms with Crippen molar-refractivity contribution in [1.29, 1.82) is 0 Å². The number of rotatable bonds is 15. The maximum Gasteiger partial charge on any atom is 0.244 e. The van der Waals surface area contributed by atoms with E-state index in [4.69, 9.17) is 22.8 Å². The Hall–Kier alpha value is -0.669. The van der Waals surface area contributed by atoms with Gasteiger partial charge in [-0.1, -0.05) is 12.5 Å². The lowest BCUT2D eigenvalue weighted by molar-refractivity contribution is -0.152. The summed E-state index contributed by atoms with van der Waals surface area (Å²) in [6.07, 6.45) is 2.94. The zero-order valence-corrected chi connectivity index (χ0v) is 30.4. The van der Waals surface area contributed by atoms with Crippen molar-refractivity contribution < 1.29 is 32.3 Å². The minimum absolute atomic E-state index is 0.0314. The highest BCUT2D eigenvalue weighted by Crippen LogP contribution is 2.41. The van der Waals surface area contributed by atoms with Crippen molar-refractivity contribution in [3.05, 3.63) is 11.6 Å². The van der Waals surface area contributed by atoms with Gasteiger partial charge >= 0.3 is 0 Å². The highest BCUT2D eigenvalue weighted by Gasteiger charge is 2.51. The lowest BCUT2D eigenvalue weighted by atomic mass is 9.85. The molecule has 40 heavy (non-hydrogen) atoms. The molecule has 8 nitrogen and oxygen atoms in total. The number of epoxide rings is 1. The number of nitrogens with one attached hydrogen (secondary N) is 1. The average Bonchev–Trinajstić information content (AvgIpc) is 3.51. The van der Waals surface area contributed by atoms with Crippen LogP contribution in [0.1, 0.15) is 40.5 Å². The second-order valence-electron chi connectivity index (χ2n) is 14.8. The van der Waals surface area contributed by atoms with E-state index in [1.807, 2.05) is 6.92 Å². The molecule has 0 saturated carbocycles. The molecule has 0 spiro atoms. The third kappa shape index (κ3) is 12.7. The Morgan fingerprint density at radius 3 is 2.00 bits per heavy atom. The molecular weight excluding hydrogens is 559 g/mol. The fourth-order valence-electron chi connectivity index (χ4n) is 5.32. The molecular formula is C29H57NO7Si3. The first kappa shape index (κ1) is 35.5. The Bertz CT molecular complexity index is 894. The monoisotopic (exact) mass is 615 g/mol. The zero-order chi connectivity index (χ0) is 30.6. The summed E-state index contributed by atoms with van der Waals surface area (Å²) in [6.45, 7) is 28.3. The maximum absolute atomic E-state index is 12.3. The van der Waals surface area contributed by atoms with Gasteiger partial charge in [-0.15, -0.1) is 0 Å². The predicted octanol–water partition coefficient (Wildman–Crippen LogP) is 5.52. The van der Waals surface area contributed by atoms with E-state index in [1.165, 1.54) is 6.92 Å². The lowest BCUT2D eigenvalue weighted by Crippen LogP contribution is -2.58. The summed E-state index contributed by atoms with van der Waals surface area (Å²) in [5.74, 6) is 0.131. The van der Waals surface area contributed by atoms with E-state index in [9.17, 15) is 9.59 Å². The zero-order valence-electron chi connectivity index (χ0n) is 27.4. The van der Waals surface area contributed by atoms with Gasteiger partial charge in [-0.3, -0.25) is 9.59 Å². The Balaban J connectivity index is 2.20. The van der Waals surface area contributed by atoms with Crippen LogP contribution in [0.5, 0.6) is 0 Å². The molecule has 11 heteroatoms. The number of ether oxygens (including phenoxy) is 2. The van der Waals surface area contributed by atoms with Crippen molar-refractivity contribution in [3.8, 4) is 0 Å². The summed E-state index contributed by atoms with van der Waals surface area (Å²) < 4.78 is 32.8. The fraction of sp³-hybridized carbons (Fsp3) is 0.862. The second-order valence-corrected chi connectivity index (χ2v) is 28.2. The number of hydrogen-bond donors (Lipinski definition) is 1. The summed E-state index contributed by atoms with van der Waals surface area (Å²) in [5.41, 5.74) is 0.885. The van der Waals surface area contributed by atoms with E-state index in [0.29, 0.717) is 18.9 Å². The molecule has 0 unspecified atom stereocenters. The summed E-state index contributed by atoms with van der Waals surface area (Å²) >= 11 is 0. The van der Waals surface area contributed by atoms with Gasteiger partial charge in [-0.05, 0) is 92.5 Å². The number of carbonyl (C=O) groups excluding carboxylic acids is 2. The number of Topliss-reactive ketones (excluding diaryl/α,β-unsaturated/α-hetero) is 1. The van der Waals surface area contributed by atoms with Crippen LogP contribution in [-0.4, -0.2) is 86.4 Å². The van der Waals surface area contributed by atoms with Gasteiger partial charge in [0.25, 0.3) is 0 Å². The van der Waals surface area contributed by atoms with Crippen LogP contribution in [0.3, 0.4) is 0 Å². The third-order valence-corrected chi connectivity index (χ3v) is 10.1. The molecule has 2 heterocycles. The Kier molecular flexibility index (Phi) is 12.6. The normalized spacial score (nSPS) is 29.6. The van der Waals surface area contributed by atoms with Gasteiger partial charge in [0.15, 0.2) is 25.0 Å². The van der Waals surface area contributed by atoms with Gasteiger partial charge in [0.05, 0.1) is 43.7 Å². The predicted molar refractivity (Wildman–Crippen MR) is 168 cm³/mol. The van der Waals surface area contributed by atoms with E-state index in [2.05, 4.69) is 78.1 Å². The van der Waals surface area contributed by atoms with Gasteiger partial charge in [-0.25, -0.2) is 0 Å². The Labute approximate surface area is 246 Å². The van der Waals surface area contributed by atoms with Crippen molar-refractivity contribution in [2.24, 2.45) is 11.8 Å². The average molecular weight is 616 g/mol. The van der Waals surface area contributed by atoms with Crippen LogP contribution in [0.15, 0.2) is 11.6 Å². The molecule has 1 amide bonds. The molecule has 0 aromatic heterocycles. The number of amides is 1. The van der Waals surface area contributed by atoms with Crippen LogP contribution < -0.4 is 5.32 Å². The lowest BCUT2D eigenvalue weighted by Gasteiger charge is -2.47. The first-order valence-corrected chi connectivity index (χ1v) is 25.1. The van der Waals surface area contributed by atoms with Crippen LogP contribution in [0.2, 0.25) is 58.9 Å². The van der Waals surface area contributed by atoms with Crippen LogP contribution in [-0.2, 0) is 32.3 Å². The third-order valence-electron chi connectivity index (χ3n) is 7.03. The Morgan fingerprint density at radius 2 is 1.48 bits per heavy atom. The van der Waals surface area contributed by atoms with Gasteiger partial charge in [0.1, 0.15) is 5.78 Å². The number of ketones is 1. The highest BCUT2D eigenvalue weighted by molar-refractivity contribution is 6.70. The standard InChI is InChI=1S/C29H57NO7Si3/c1-19(15-26(32)30-17-20(2)31)14-24-29(37-40(11,12)13)28(36-39(8,9)10)23(18-33-24)16-25-27(34-25)21(3)22(4)35-38(5,6)7/h15,21-25,27-29H,14,16-18H2,1-13H3,(H,30,32)/b19-15+/t21-,22-,23-,24-,25-,27-,28+,29-/m0/s1. The van der Waals surface area contributed by atoms with Crippen LogP contribution in [0.25, 0.3) is 0 Å². The first-order chi connectivity index (χ1) is 18.1. The largest absolute Gasteiger partial charge is 0.415 e. The molecule has 0 bridgehead atoms. The molecule has 2 fully saturated rings. The number of hydrogen-bond acceptors (Lipinski definition) is 7. The van der Waals surface area contributed by atoms with Crippen LogP contribution in [0.4, 0.5) is 0 Å². The van der Waals surface area contributed by atoms with E-state index in [0.717, 1.165) is 12.0 Å². The summed E-state index contributed by atoms with van der Waals surface area (Å²) in [4.78, 5) is 23.5. The van der Waals surface area contributed by atoms with Gasteiger partial charge in [0, 0.05) is 24.0 Å². The number of carbonyl (C=O) groups is 2. The van der Waals surface area contributed by atoms with Crippen molar-refractivity contribution >= 4 is 36.6 Å². The molecule has 8 atom stereocenters. The van der Waals surface area contributed by atoms with Crippen LogP contribution in [0, 0.1) is 11.8 Å². The van der Waals surface area contributed by atoms with Gasteiger partial charge in [-0.2, -0.15) is 0 Å². The SMILES string of the molecule is CC(=O)CNC(=O)/C=C(\C)C[C@@H]1OC[C@H](C[C@@H]2O[C@H]2[C@@H](C)[C@H](C)O[Si](C)(C)C)[C@@H](O[Si](C)(C)C)[C@H]1O[Si](C)(C)C. The molecule has 0 aliphatic carbocycles. The molecule has 2 aliphatic rings. The molecule has 2 rings (SSSR count).